The summed E-state index contributed by atoms with van der Waals surface area (Å²) in [6.07, 6.45) is -0.941. The predicted octanol–water partition coefficient (Wildman–Crippen LogP) is -2.54. The summed E-state index contributed by atoms with van der Waals surface area (Å²) < 4.78 is 4.93. The Morgan fingerprint density at radius 1 is 1.15 bits per heavy atom. The quantitative estimate of drug-likeness (QED) is 0.340. The Kier molecular flexibility index (Phi) is 3.25. The summed E-state index contributed by atoms with van der Waals surface area (Å²) in [7, 11) is 0. The maximum atomic E-state index is 9.26. The molecule has 1 unspecified atom stereocenters. The smallest absolute Gasteiger partial charge is 0.146 e. The van der Waals surface area contributed by atoms with Gasteiger partial charge < -0.3 is 25.2 Å². The number of rotatable bonds is 1. The molecule has 5 atom stereocenters. The molecule has 0 amide bonds. The van der Waals surface area contributed by atoms with Crippen molar-refractivity contribution in [3.05, 3.63) is 0 Å². The highest BCUT2D eigenvalue weighted by Gasteiger charge is 2.42. The molecule has 5 heteroatoms. The van der Waals surface area contributed by atoms with Crippen molar-refractivity contribution in [3.63, 3.8) is 0 Å². The largest absolute Gasteiger partial charge is 0.394 e. The summed E-state index contributed by atoms with van der Waals surface area (Å²) in [5.41, 5.74) is 0. The van der Waals surface area contributed by atoms with Gasteiger partial charge in [0.25, 0.3) is 0 Å². The van der Waals surface area contributed by atoms with Crippen LogP contribution in [0.1, 0.15) is 0 Å². The van der Waals surface area contributed by atoms with E-state index in [4.69, 9.17) is 16.3 Å². The molecule has 0 aliphatic carbocycles. The van der Waals surface area contributed by atoms with Gasteiger partial charge in [0.2, 0.25) is 0 Å². The molecule has 0 aromatic carbocycles. The monoisotopic (exact) mass is 188 g/mol. The summed E-state index contributed by atoms with van der Waals surface area (Å²) in [5.74, 6) is 2.11. The van der Waals surface area contributed by atoms with Gasteiger partial charge in [-0.2, -0.15) is 0 Å². The molecule has 0 saturated carbocycles. The SMILES string of the molecule is C#C[C@H]1O[C@H](CO)[C@@H](O)[C@H](O)C1O. The van der Waals surface area contributed by atoms with Crippen LogP contribution in [-0.2, 0) is 4.74 Å². The molecule has 0 aromatic rings. The minimum atomic E-state index is -1.38. The molecule has 0 spiro atoms. The van der Waals surface area contributed by atoms with Gasteiger partial charge in [-0.05, 0) is 0 Å². The lowest BCUT2D eigenvalue weighted by atomic mass is 9.96. The van der Waals surface area contributed by atoms with E-state index < -0.39 is 37.1 Å². The molecule has 0 aromatic heterocycles. The van der Waals surface area contributed by atoms with Crippen molar-refractivity contribution in [2.24, 2.45) is 0 Å². The van der Waals surface area contributed by atoms with Gasteiger partial charge in [-0.25, -0.2) is 0 Å². The minimum absolute atomic E-state index is 0.455. The molecule has 1 aliphatic heterocycles. The van der Waals surface area contributed by atoms with E-state index in [1.165, 1.54) is 0 Å². The van der Waals surface area contributed by atoms with Crippen LogP contribution < -0.4 is 0 Å². The predicted molar refractivity (Wildman–Crippen MR) is 42.6 cm³/mol. The van der Waals surface area contributed by atoms with Crippen molar-refractivity contribution in [2.45, 2.75) is 30.5 Å². The molecular weight excluding hydrogens is 176 g/mol. The van der Waals surface area contributed by atoms with E-state index in [9.17, 15) is 15.3 Å². The highest BCUT2D eigenvalue weighted by Crippen LogP contribution is 2.20. The van der Waals surface area contributed by atoms with E-state index in [0.717, 1.165) is 0 Å². The number of aliphatic hydroxyl groups excluding tert-OH is 4. The van der Waals surface area contributed by atoms with E-state index in [2.05, 4.69) is 5.92 Å². The highest BCUT2D eigenvalue weighted by molar-refractivity contribution is 5.05. The lowest BCUT2D eigenvalue weighted by Crippen LogP contribution is -2.58. The maximum Gasteiger partial charge on any atom is 0.146 e. The van der Waals surface area contributed by atoms with E-state index in [0.29, 0.717) is 0 Å². The Morgan fingerprint density at radius 2 is 1.77 bits per heavy atom. The van der Waals surface area contributed by atoms with E-state index in [1.807, 2.05) is 0 Å². The van der Waals surface area contributed by atoms with Crippen molar-refractivity contribution in [1.82, 2.24) is 0 Å². The highest BCUT2D eigenvalue weighted by atomic mass is 16.5. The zero-order chi connectivity index (χ0) is 10.0. The van der Waals surface area contributed by atoms with Crippen LogP contribution in [0.3, 0.4) is 0 Å². The van der Waals surface area contributed by atoms with Crippen LogP contribution in [0.5, 0.6) is 0 Å². The van der Waals surface area contributed by atoms with Gasteiger partial charge >= 0.3 is 0 Å². The van der Waals surface area contributed by atoms with Crippen LogP contribution in [0.2, 0.25) is 0 Å². The van der Waals surface area contributed by atoms with Gasteiger partial charge in [-0.3, -0.25) is 0 Å². The molecule has 5 nitrogen and oxygen atoms in total. The third-order valence-electron chi connectivity index (χ3n) is 2.06. The first kappa shape index (κ1) is 10.4. The second kappa shape index (κ2) is 4.05. The Morgan fingerprint density at radius 3 is 2.23 bits per heavy atom. The van der Waals surface area contributed by atoms with E-state index >= 15 is 0 Å². The summed E-state index contributed by atoms with van der Waals surface area (Å²) in [5, 5.41) is 36.5. The average Bonchev–Trinajstić information content (AvgIpc) is 2.15. The Bertz CT molecular complexity index is 209. The van der Waals surface area contributed by atoms with Crippen molar-refractivity contribution < 1.29 is 25.2 Å². The zero-order valence-corrected chi connectivity index (χ0v) is 6.87. The van der Waals surface area contributed by atoms with E-state index in [1.54, 1.807) is 0 Å². The Balaban J connectivity index is 2.73. The topological polar surface area (TPSA) is 90.2 Å². The molecule has 1 rings (SSSR count). The molecule has 0 radical (unpaired) electrons. The van der Waals surface area contributed by atoms with Gasteiger partial charge in [-0.1, -0.05) is 5.92 Å². The fraction of sp³-hybridized carbons (Fsp3) is 0.750. The molecule has 1 fully saturated rings. The second-order valence-corrected chi connectivity index (χ2v) is 2.92. The van der Waals surface area contributed by atoms with Gasteiger partial charge in [0, 0.05) is 0 Å². The van der Waals surface area contributed by atoms with Gasteiger partial charge in [0.15, 0.2) is 0 Å². The number of ether oxygens (including phenoxy) is 1. The fourth-order valence-electron chi connectivity index (χ4n) is 1.24. The van der Waals surface area contributed by atoms with Crippen LogP contribution in [0, 0.1) is 12.3 Å². The molecule has 4 N–H and O–H groups in total. The minimum Gasteiger partial charge on any atom is -0.394 e. The Hall–Kier alpha value is -0.640. The number of hydrogen-bond donors (Lipinski definition) is 4. The third kappa shape index (κ3) is 1.82. The van der Waals surface area contributed by atoms with Crippen LogP contribution in [0.4, 0.5) is 0 Å². The lowest BCUT2D eigenvalue weighted by molar-refractivity contribution is -0.214. The fourth-order valence-corrected chi connectivity index (χ4v) is 1.24. The van der Waals surface area contributed by atoms with Crippen molar-refractivity contribution in [3.8, 4) is 12.3 Å². The molecule has 1 heterocycles. The number of terminal acetylenes is 1. The molecule has 13 heavy (non-hydrogen) atoms. The third-order valence-corrected chi connectivity index (χ3v) is 2.06. The first-order valence-corrected chi connectivity index (χ1v) is 3.88. The van der Waals surface area contributed by atoms with Crippen molar-refractivity contribution in [1.29, 1.82) is 0 Å². The van der Waals surface area contributed by atoms with Gasteiger partial charge in [0.1, 0.15) is 30.5 Å². The van der Waals surface area contributed by atoms with E-state index in [-0.39, 0.29) is 0 Å². The number of aliphatic hydroxyl groups is 4. The molecular formula is C8H12O5. The Labute approximate surface area is 75.6 Å². The molecule has 0 bridgehead atoms. The van der Waals surface area contributed by atoms with Crippen molar-refractivity contribution in [2.75, 3.05) is 6.61 Å². The molecule has 1 aliphatic rings. The standard InChI is InChI=1S/C8H12O5/c1-2-4-6(10)8(12)7(11)5(3-9)13-4/h1,4-12H,3H2/t4-,5-,6?,7-,8-/m1/s1. The molecule has 74 valence electrons. The van der Waals surface area contributed by atoms with Crippen LogP contribution in [0.15, 0.2) is 0 Å². The van der Waals surface area contributed by atoms with Crippen LogP contribution >= 0.6 is 0 Å². The summed E-state index contributed by atoms with van der Waals surface area (Å²) in [4.78, 5) is 0. The maximum absolute atomic E-state index is 9.26. The first-order valence-electron chi connectivity index (χ1n) is 3.88. The average molecular weight is 188 g/mol. The lowest BCUT2D eigenvalue weighted by Gasteiger charge is -2.37. The van der Waals surface area contributed by atoms with Gasteiger partial charge in [-0.15, -0.1) is 6.42 Å². The van der Waals surface area contributed by atoms with Crippen LogP contribution in [0.25, 0.3) is 0 Å². The second-order valence-electron chi connectivity index (χ2n) is 2.92. The summed E-state index contributed by atoms with van der Waals surface area (Å²) >= 11 is 0. The first-order chi connectivity index (χ1) is 6.11. The van der Waals surface area contributed by atoms with Crippen LogP contribution in [-0.4, -0.2) is 57.6 Å². The normalized spacial score (nSPS) is 45.6. The number of hydrogen-bond acceptors (Lipinski definition) is 5. The van der Waals surface area contributed by atoms with Crippen molar-refractivity contribution >= 4 is 0 Å². The molecule has 1 saturated heterocycles. The zero-order valence-electron chi connectivity index (χ0n) is 6.87. The summed E-state index contributed by atoms with van der Waals surface area (Å²) in [6.45, 7) is -0.455. The van der Waals surface area contributed by atoms with Gasteiger partial charge in [0.05, 0.1) is 6.61 Å². The summed E-state index contributed by atoms with van der Waals surface area (Å²) in [6, 6.07) is 0.